The fourth-order valence-electron chi connectivity index (χ4n) is 1.29. The minimum atomic E-state index is 0.0391. The van der Waals surface area contributed by atoms with Crippen LogP contribution in [0.15, 0.2) is 0 Å². The molecule has 5 nitrogen and oxygen atoms in total. The first-order chi connectivity index (χ1) is 9.18. The van der Waals surface area contributed by atoms with Crippen molar-refractivity contribution in [2.75, 3.05) is 53.2 Å². The molecule has 0 aromatic carbocycles. The molecular formula is C14H29NO4. The highest BCUT2D eigenvalue weighted by Gasteiger charge is 2.06. The predicted molar refractivity (Wildman–Crippen MR) is 75.5 cm³/mol. The fourth-order valence-corrected chi connectivity index (χ4v) is 1.29. The van der Waals surface area contributed by atoms with Crippen LogP contribution in [0.5, 0.6) is 0 Å². The van der Waals surface area contributed by atoms with Crippen molar-refractivity contribution >= 4 is 5.78 Å². The van der Waals surface area contributed by atoms with Crippen molar-refractivity contribution in [2.24, 2.45) is 5.92 Å². The molecule has 0 spiro atoms. The van der Waals surface area contributed by atoms with Crippen LogP contribution in [-0.2, 0) is 19.0 Å². The van der Waals surface area contributed by atoms with E-state index in [1.165, 1.54) is 0 Å². The molecule has 0 unspecified atom stereocenters. The van der Waals surface area contributed by atoms with Gasteiger partial charge in [-0.1, -0.05) is 13.8 Å². The van der Waals surface area contributed by atoms with E-state index in [0.717, 1.165) is 26.0 Å². The van der Waals surface area contributed by atoms with Crippen molar-refractivity contribution in [2.45, 2.75) is 26.7 Å². The first kappa shape index (κ1) is 18.5. The maximum atomic E-state index is 11.2. The van der Waals surface area contributed by atoms with Gasteiger partial charge < -0.3 is 19.5 Å². The summed E-state index contributed by atoms with van der Waals surface area (Å²) in [6, 6.07) is 0. The van der Waals surface area contributed by atoms with E-state index in [1.54, 1.807) is 0 Å². The molecule has 0 saturated carbocycles. The number of hydrogen-bond donors (Lipinski definition) is 1. The molecule has 0 amide bonds. The van der Waals surface area contributed by atoms with Crippen LogP contribution in [0, 0.1) is 5.92 Å². The molecule has 0 rings (SSSR count). The largest absolute Gasteiger partial charge is 0.379 e. The van der Waals surface area contributed by atoms with Crippen molar-refractivity contribution in [1.82, 2.24) is 5.32 Å². The van der Waals surface area contributed by atoms with E-state index in [9.17, 15) is 4.79 Å². The maximum absolute atomic E-state index is 11.2. The number of hydrogen-bond acceptors (Lipinski definition) is 5. The number of nitrogens with one attached hydrogen (secondary N) is 1. The molecule has 0 aromatic heterocycles. The normalized spacial score (nSPS) is 11.2. The highest BCUT2D eigenvalue weighted by molar-refractivity contribution is 5.81. The summed E-state index contributed by atoms with van der Waals surface area (Å²) in [6.07, 6.45) is 2.20. The minimum Gasteiger partial charge on any atom is -0.379 e. The molecule has 114 valence electrons. The van der Waals surface area contributed by atoms with Gasteiger partial charge in [-0.05, 0) is 26.4 Å². The molecular weight excluding hydrogens is 246 g/mol. The topological polar surface area (TPSA) is 56.8 Å². The van der Waals surface area contributed by atoms with Crippen LogP contribution in [0.2, 0.25) is 0 Å². The number of ketones is 1. The molecule has 0 aliphatic heterocycles. The Hall–Kier alpha value is -0.490. The van der Waals surface area contributed by atoms with Crippen molar-refractivity contribution in [3.8, 4) is 0 Å². The highest BCUT2D eigenvalue weighted by Crippen LogP contribution is 1.94. The molecule has 0 aliphatic carbocycles. The first-order valence-electron chi connectivity index (χ1n) is 7.09. The summed E-state index contributed by atoms with van der Waals surface area (Å²) in [7, 11) is 1.95. The van der Waals surface area contributed by atoms with E-state index in [2.05, 4.69) is 5.32 Å². The monoisotopic (exact) mass is 275 g/mol. The van der Waals surface area contributed by atoms with Gasteiger partial charge in [0, 0.05) is 12.5 Å². The summed E-state index contributed by atoms with van der Waals surface area (Å²) in [4.78, 5) is 11.2. The second-order valence-corrected chi connectivity index (χ2v) is 4.71. The molecule has 0 aromatic rings. The summed E-state index contributed by atoms with van der Waals surface area (Å²) in [5.74, 6) is 0.169. The Kier molecular flexibility index (Phi) is 13.6. The second kappa shape index (κ2) is 13.9. The lowest BCUT2D eigenvalue weighted by Crippen LogP contribution is -2.17. The lowest BCUT2D eigenvalue weighted by molar-refractivity contribution is -0.127. The van der Waals surface area contributed by atoms with E-state index in [1.807, 2.05) is 20.9 Å². The third-order valence-corrected chi connectivity index (χ3v) is 2.60. The van der Waals surface area contributed by atoms with Crippen LogP contribution >= 0.6 is 0 Å². The smallest absolute Gasteiger partial charge is 0.160 e. The third kappa shape index (κ3) is 13.7. The molecule has 0 aliphatic rings. The highest BCUT2D eigenvalue weighted by atomic mass is 16.5. The molecule has 5 heteroatoms. The lowest BCUT2D eigenvalue weighted by atomic mass is 10.1. The van der Waals surface area contributed by atoms with Crippen LogP contribution < -0.4 is 5.32 Å². The summed E-state index contributed by atoms with van der Waals surface area (Å²) >= 11 is 0. The predicted octanol–water partition coefficient (Wildman–Crippen LogP) is 1.26. The Morgan fingerprint density at radius 3 is 2.11 bits per heavy atom. The fraction of sp³-hybridized carbons (Fsp3) is 0.929. The van der Waals surface area contributed by atoms with Gasteiger partial charge in [-0.25, -0.2) is 0 Å². The summed E-state index contributed by atoms with van der Waals surface area (Å²) in [6.45, 7) is 7.90. The van der Waals surface area contributed by atoms with Gasteiger partial charge in [0.15, 0.2) is 5.78 Å². The van der Waals surface area contributed by atoms with E-state index in [-0.39, 0.29) is 18.3 Å². The van der Waals surface area contributed by atoms with Gasteiger partial charge in [0.2, 0.25) is 0 Å². The van der Waals surface area contributed by atoms with Gasteiger partial charge in [0.25, 0.3) is 0 Å². The number of unbranched alkanes of at least 4 members (excludes halogenated alkanes) is 1. The van der Waals surface area contributed by atoms with E-state index in [0.29, 0.717) is 26.4 Å². The standard InChI is InChI=1S/C14H29NO4/c1-13(2)14(16)12-19-11-10-18-9-8-17-7-5-4-6-15-3/h13,15H,4-12H2,1-3H3. The summed E-state index contributed by atoms with van der Waals surface area (Å²) in [5, 5.41) is 3.10. The Bertz CT molecular complexity index is 210. The zero-order valence-electron chi connectivity index (χ0n) is 12.6. The van der Waals surface area contributed by atoms with Gasteiger partial charge in [0.05, 0.1) is 26.4 Å². The molecule has 0 atom stereocenters. The third-order valence-electron chi connectivity index (χ3n) is 2.60. The zero-order valence-corrected chi connectivity index (χ0v) is 12.6. The van der Waals surface area contributed by atoms with Crippen molar-refractivity contribution in [1.29, 1.82) is 0 Å². The first-order valence-corrected chi connectivity index (χ1v) is 7.09. The van der Waals surface area contributed by atoms with Crippen LogP contribution in [0.1, 0.15) is 26.7 Å². The number of rotatable bonds is 14. The summed E-state index contributed by atoms with van der Waals surface area (Å²) < 4.78 is 15.9. The van der Waals surface area contributed by atoms with Gasteiger partial charge in [-0.15, -0.1) is 0 Å². The molecule has 0 fully saturated rings. The van der Waals surface area contributed by atoms with Crippen molar-refractivity contribution in [3.05, 3.63) is 0 Å². The number of Topliss-reactive ketones (excluding diaryl/α,β-unsaturated/α-hetero) is 1. The Morgan fingerprint density at radius 2 is 1.53 bits per heavy atom. The van der Waals surface area contributed by atoms with E-state index in [4.69, 9.17) is 14.2 Å². The maximum Gasteiger partial charge on any atom is 0.160 e. The van der Waals surface area contributed by atoms with Gasteiger partial charge in [-0.2, -0.15) is 0 Å². The lowest BCUT2D eigenvalue weighted by Gasteiger charge is -2.07. The van der Waals surface area contributed by atoms with Crippen LogP contribution in [0.4, 0.5) is 0 Å². The van der Waals surface area contributed by atoms with Gasteiger partial charge in [0.1, 0.15) is 6.61 Å². The Balaban J connectivity index is 3.05. The molecule has 0 saturated heterocycles. The zero-order chi connectivity index (χ0) is 14.3. The average Bonchev–Trinajstić information content (AvgIpc) is 2.39. The van der Waals surface area contributed by atoms with Crippen LogP contribution in [0.3, 0.4) is 0 Å². The Labute approximate surface area is 117 Å². The molecule has 0 radical (unpaired) electrons. The quantitative estimate of drug-likeness (QED) is 0.484. The molecule has 0 bridgehead atoms. The van der Waals surface area contributed by atoms with E-state index >= 15 is 0 Å². The summed E-state index contributed by atoms with van der Waals surface area (Å²) in [5.41, 5.74) is 0. The SMILES string of the molecule is CNCCCCOCCOCCOCC(=O)C(C)C. The van der Waals surface area contributed by atoms with Crippen molar-refractivity contribution < 1.29 is 19.0 Å². The molecule has 0 heterocycles. The molecule has 19 heavy (non-hydrogen) atoms. The van der Waals surface area contributed by atoms with Crippen LogP contribution in [0.25, 0.3) is 0 Å². The van der Waals surface area contributed by atoms with Gasteiger partial charge in [-0.3, -0.25) is 4.79 Å². The Morgan fingerprint density at radius 1 is 0.947 bits per heavy atom. The van der Waals surface area contributed by atoms with Crippen molar-refractivity contribution in [3.63, 3.8) is 0 Å². The second-order valence-electron chi connectivity index (χ2n) is 4.71. The number of carbonyl (C=O) groups excluding carboxylic acids is 1. The van der Waals surface area contributed by atoms with Gasteiger partial charge >= 0.3 is 0 Å². The van der Waals surface area contributed by atoms with E-state index < -0.39 is 0 Å². The number of ether oxygens (including phenoxy) is 3. The minimum absolute atomic E-state index is 0.0391. The number of carbonyl (C=O) groups is 1. The average molecular weight is 275 g/mol. The van der Waals surface area contributed by atoms with Crippen LogP contribution in [-0.4, -0.2) is 59.0 Å². The molecule has 1 N–H and O–H groups in total.